The van der Waals surface area contributed by atoms with E-state index in [2.05, 4.69) is 43.8 Å². The van der Waals surface area contributed by atoms with Gasteiger partial charge in [0.25, 0.3) is 0 Å². The molecule has 1 aliphatic heterocycles. The molecule has 0 saturated carbocycles. The highest BCUT2D eigenvalue weighted by Crippen LogP contribution is 2.28. The SMILES string of the molecule is C=C(\C=C/C1=C\C(=C/CCN(C)C)c2ccccc2CO1)CC(=O)O.CC. The largest absolute Gasteiger partial charge is 0.489 e. The molecule has 0 atom stereocenters. The van der Waals surface area contributed by atoms with Crippen LogP contribution in [0.15, 0.2) is 66.5 Å². The number of ether oxygens (including phenoxy) is 1. The molecular formula is C23H31NO3. The first-order chi connectivity index (χ1) is 13.0. The molecule has 2 rings (SSSR count). The molecule has 0 saturated heterocycles. The average Bonchev–Trinajstić information content (AvgIpc) is 2.81. The molecule has 1 aromatic rings. The minimum Gasteiger partial charge on any atom is -0.489 e. The van der Waals surface area contributed by atoms with Crippen LogP contribution in [0.4, 0.5) is 0 Å². The topological polar surface area (TPSA) is 49.8 Å². The third-order valence-electron chi connectivity index (χ3n) is 3.82. The number of hydrogen-bond acceptors (Lipinski definition) is 3. The summed E-state index contributed by atoms with van der Waals surface area (Å²) in [6.45, 7) is 9.22. The first kappa shape index (κ1) is 22.5. The fourth-order valence-corrected chi connectivity index (χ4v) is 2.56. The molecule has 0 bridgehead atoms. The Morgan fingerprint density at radius 3 is 2.67 bits per heavy atom. The van der Waals surface area contributed by atoms with Gasteiger partial charge in [0.2, 0.25) is 0 Å². The van der Waals surface area contributed by atoms with Crippen molar-refractivity contribution >= 4 is 11.5 Å². The molecule has 0 fully saturated rings. The van der Waals surface area contributed by atoms with Gasteiger partial charge in [-0.1, -0.05) is 56.8 Å². The zero-order valence-electron chi connectivity index (χ0n) is 16.9. The molecule has 27 heavy (non-hydrogen) atoms. The Hall–Kier alpha value is -2.59. The van der Waals surface area contributed by atoms with E-state index in [0.717, 1.165) is 24.1 Å². The first-order valence-electron chi connectivity index (χ1n) is 9.31. The van der Waals surface area contributed by atoms with Gasteiger partial charge in [-0.05, 0) is 54.9 Å². The van der Waals surface area contributed by atoms with E-state index in [0.29, 0.717) is 17.9 Å². The summed E-state index contributed by atoms with van der Waals surface area (Å²) in [5.41, 5.74) is 3.98. The van der Waals surface area contributed by atoms with Crippen molar-refractivity contribution < 1.29 is 14.6 Å². The van der Waals surface area contributed by atoms with Crippen molar-refractivity contribution in [2.45, 2.75) is 33.3 Å². The lowest BCUT2D eigenvalue weighted by atomic mass is 9.99. The average molecular weight is 370 g/mol. The summed E-state index contributed by atoms with van der Waals surface area (Å²) >= 11 is 0. The summed E-state index contributed by atoms with van der Waals surface area (Å²) in [7, 11) is 4.11. The molecule has 146 valence electrons. The minimum absolute atomic E-state index is 0.0739. The highest BCUT2D eigenvalue weighted by molar-refractivity contribution is 5.77. The normalized spacial score (nSPS) is 14.7. The van der Waals surface area contributed by atoms with E-state index in [4.69, 9.17) is 9.84 Å². The number of carboxylic acid groups (broad SMARTS) is 1. The number of hydrogen-bond donors (Lipinski definition) is 1. The number of fused-ring (bicyclic) bond motifs is 1. The molecule has 0 amide bonds. The van der Waals surface area contributed by atoms with Crippen LogP contribution >= 0.6 is 0 Å². The van der Waals surface area contributed by atoms with Crippen LogP contribution in [0.2, 0.25) is 0 Å². The Bertz CT molecular complexity index is 727. The molecule has 4 heteroatoms. The van der Waals surface area contributed by atoms with Crippen LogP contribution in [0, 0.1) is 0 Å². The predicted octanol–water partition coefficient (Wildman–Crippen LogP) is 5.05. The smallest absolute Gasteiger partial charge is 0.307 e. The molecule has 1 N–H and O–H groups in total. The van der Waals surface area contributed by atoms with E-state index in [1.807, 2.05) is 32.1 Å². The Morgan fingerprint density at radius 1 is 1.30 bits per heavy atom. The van der Waals surface area contributed by atoms with Crippen LogP contribution in [0.5, 0.6) is 0 Å². The monoisotopic (exact) mass is 369 g/mol. The van der Waals surface area contributed by atoms with Gasteiger partial charge < -0.3 is 14.7 Å². The molecule has 1 aromatic carbocycles. The maximum atomic E-state index is 10.7. The van der Waals surface area contributed by atoms with Gasteiger partial charge in [-0.3, -0.25) is 4.79 Å². The summed E-state index contributed by atoms with van der Waals surface area (Å²) in [5.74, 6) is -0.180. The van der Waals surface area contributed by atoms with Crippen molar-refractivity contribution in [3.05, 3.63) is 77.6 Å². The highest BCUT2D eigenvalue weighted by Gasteiger charge is 2.12. The number of allylic oxidation sites excluding steroid dienone is 4. The fraction of sp³-hybridized carbons (Fsp3) is 0.348. The first-order valence-corrected chi connectivity index (χ1v) is 9.31. The Labute approximate surface area is 163 Å². The number of carboxylic acids is 1. The van der Waals surface area contributed by atoms with E-state index in [1.54, 1.807) is 12.2 Å². The third kappa shape index (κ3) is 8.09. The summed E-state index contributed by atoms with van der Waals surface area (Å²) in [4.78, 5) is 12.9. The van der Waals surface area contributed by atoms with Gasteiger partial charge in [0, 0.05) is 6.54 Å². The van der Waals surface area contributed by atoms with Gasteiger partial charge in [-0.15, -0.1) is 0 Å². The number of aliphatic carboxylic acids is 1. The predicted molar refractivity (Wildman–Crippen MR) is 112 cm³/mol. The highest BCUT2D eigenvalue weighted by atomic mass is 16.5. The summed E-state index contributed by atoms with van der Waals surface area (Å²) in [5, 5.41) is 8.81. The summed E-state index contributed by atoms with van der Waals surface area (Å²) in [6, 6.07) is 8.21. The Balaban J connectivity index is 0.00000176. The van der Waals surface area contributed by atoms with E-state index in [1.165, 1.54) is 5.56 Å². The second-order valence-electron chi connectivity index (χ2n) is 6.31. The quantitative estimate of drug-likeness (QED) is 0.683. The zero-order chi connectivity index (χ0) is 20.2. The number of carbonyl (C=O) groups is 1. The molecule has 0 aromatic heterocycles. The van der Waals surface area contributed by atoms with E-state index >= 15 is 0 Å². The zero-order valence-corrected chi connectivity index (χ0v) is 16.9. The van der Waals surface area contributed by atoms with Gasteiger partial charge in [-0.25, -0.2) is 0 Å². The van der Waals surface area contributed by atoms with Gasteiger partial charge >= 0.3 is 5.97 Å². The summed E-state index contributed by atoms with van der Waals surface area (Å²) in [6.07, 6.45) is 8.58. The van der Waals surface area contributed by atoms with Crippen molar-refractivity contribution in [1.29, 1.82) is 0 Å². The van der Waals surface area contributed by atoms with Gasteiger partial charge in [0.1, 0.15) is 12.4 Å². The summed E-state index contributed by atoms with van der Waals surface area (Å²) < 4.78 is 5.88. The van der Waals surface area contributed by atoms with Gasteiger partial charge in [0.15, 0.2) is 0 Å². The second-order valence-corrected chi connectivity index (χ2v) is 6.31. The molecule has 0 radical (unpaired) electrons. The Kier molecular flexibility index (Phi) is 9.91. The molecule has 0 unspecified atom stereocenters. The van der Waals surface area contributed by atoms with Gasteiger partial charge in [-0.2, -0.15) is 0 Å². The molecule has 1 aliphatic rings. The van der Waals surface area contributed by atoms with E-state index < -0.39 is 5.97 Å². The maximum absolute atomic E-state index is 10.7. The van der Waals surface area contributed by atoms with Crippen LogP contribution in [-0.2, 0) is 16.1 Å². The van der Waals surface area contributed by atoms with Crippen molar-refractivity contribution in [3.8, 4) is 0 Å². The van der Waals surface area contributed by atoms with Crippen molar-refractivity contribution in [2.75, 3.05) is 20.6 Å². The lowest BCUT2D eigenvalue weighted by Crippen LogP contribution is -2.12. The lowest BCUT2D eigenvalue weighted by Gasteiger charge is -2.09. The van der Waals surface area contributed by atoms with Crippen LogP contribution in [0.25, 0.3) is 5.57 Å². The Morgan fingerprint density at radius 2 is 2.00 bits per heavy atom. The van der Waals surface area contributed by atoms with Crippen molar-refractivity contribution in [3.63, 3.8) is 0 Å². The van der Waals surface area contributed by atoms with E-state index in [9.17, 15) is 4.79 Å². The van der Waals surface area contributed by atoms with Crippen LogP contribution in [0.1, 0.15) is 37.8 Å². The molecule has 0 spiro atoms. The van der Waals surface area contributed by atoms with Crippen LogP contribution < -0.4 is 0 Å². The van der Waals surface area contributed by atoms with Crippen LogP contribution in [-0.4, -0.2) is 36.6 Å². The lowest BCUT2D eigenvalue weighted by molar-refractivity contribution is -0.136. The number of rotatable bonds is 7. The second kappa shape index (κ2) is 11.9. The molecule has 0 aliphatic carbocycles. The molecule has 1 heterocycles. The van der Waals surface area contributed by atoms with Crippen molar-refractivity contribution in [2.24, 2.45) is 0 Å². The minimum atomic E-state index is -0.887. The maximum Gasteiger partial charge on any atom is 0.307 e. The molecule has 4 nitrogen and oxygen atoms in total. The number of nitrogens with zero attached hydrogens (tertiary/aromatic N) is 1. The standard InChI is InChI=1S/C21H25NO3.C2H6/c1-16(13-21(23)24)10-11-19-14-17(8-6-12-22(2)3)20-9-5-4-7-18(20)15-25-19;1-2/h4-5,7-11,14H,1,6,12-13,15H2,2-3H3,(H,23,24);1-2H3/b11-10-,17-8+;. The molecular weight excluding hydrogens is 338 g/mol. The number of benzene rings is 1. The van der Waals surface area contributed by atoms with Crippen LogP contribution in [0.3, 0.4) is 0 Å². The fourth-order valence-electron chi connectivity index (χ4n) is 2.56. The third-order valence-corrected chi connectivity index (χ3v) is 3.82. The van der Waals surface area contributed by atoms with Crippen molar-refractivity contribution in [1.82, 2.24) is 4.90 Å². The van der Waals surface area contributed by atoms with E-state index in [-0.39, 0.29) is 6.42 Å². The van der Waals surface area contributed by atoms with Gasteiger partial charge in [0.05, 0.1) is 6.42 Å².